The number of aliphatic hydroxyl groups excluding tert-OH is 1. The van der Waals surface area contributed by atoms with E-state index in [2.05, 4.69) is 15.1 Å². The number of rotatable bonds is 2. The van der Waals surface area contributed by atoms with E-state index < -0.39 is 0 Å². The zero-order chi connectivity index (χ0) is 9.97. The minimum absolute atomic E-state index is 0.167. The molecule has 0 bridgehead atoms. The van der Waals surface area contributed by atoms with Crippen molar-refractivity contribution in [3.8, 4) is 11.4 Å². The Hall–Kier alpha value is -1.46. The molecular formula is C8H6ClN3O2. The van der Waals surface area contributed by atoms with Crippen LogP contribution in [0.25, 0.3) is 11.4 Å². The highest BCUT2D eigenvalue weighted by atomic mass is 35.5. The van der Waals surface area contributed by atoms with Gasteiger partial charge in [0.1, 0.15) is 6.61 Å². The maximum absolute atomic E-state index is 8.71. The van der Waals surface area contributed by atoms with Gasteiger partial charge in [0.2, 0.25) is 5.82 Å². The first-order valence-electron chi connectivity index (χ1n) is 3.84. The Labute approximate surface area is 84.4 Å². The highest BCUT2D eigenvalue weighted by Crippen LogP contribution is 2.18. The highest BCUT2D eigenvalue weighted by molar-refractivity contribution is 6.30. The van der Waals surface area contributed by atoms with Gasteiger partial charge in [-0.25, -0.2) is 0 Å². The van der Waals surface area contributed by atoms with E-state index >= 15 is 0 Å². The summed E-state index contributed by atoms with van der Waals surface area (Å²) in [6.45, 7) is -0.277. The van der Waals surface area contributed by atoms with Crippen molar-refractivity contribution in [2.24, 2.45) is 0 Å². The molecule has 0 aromatic carbocycles. The van der Waals surface area contributed by atoms with Crippen molar-refractivity contribution in [2.45, 2.75) is 6.61 Å². The summed E-state index contributed by atoms with van der Waals surface area (Å²) in [5, 5.41) is 12.9. The number of nitrogens with zero attached hydrogens (tertiary/aromatic N) is 3. The van der Waals surface area contributed by atoms with E-state index in [1.54, 1.807) is 12.3 Å². The van der Waals surface area contributed by atoms with Crippen LogP contribution in [-0.2, 0) is 6.61 Å². The van der Waals surface area contributed by atoms with Crippen LogP contribution in [0.15, 0.2) is 23.0 Å². The summed E-state index contributed by atoms with van der Waals surface area (Å²) in [4.78, 5) is 7.79. The predicted octanol–water partition coefficient (Wildman–Crippen LogP) is 1.28. The van der Waals surface area contributed by atoms with Crippen molar-refractivity contribution in [3.63, 3.8) is 0 Å². The molecule has 2 aromatic heterocycles. The van der Waals surface area contributed by atoms with Crippen LogP contribution < -0.4 is 0 Å². The fourth-order valence-corrected chi connectivity index (χ4v) is 1.14. The molecule has 0 atom stereocenters. The first-order chi connectivity index (χ1) is 6.79. The number of pyridine rings is 1. The standard InChI is InChI=1S/C8H6ClN3O2/c9-6-1-5(2-10-3-6)8-11-7(4-13)14-12-8/h1-3,13H,4H2. The lowest BCUT2D eigenvalue weighted by atomic mass is 10.3. The molecule has 6 heteroatoms. The molecule has 0 aliphatic heterocycles. The van der Waals surface area contributed by atoms with Crippen LogP contribution in [0.1, 0.15) is 5.89 Å². The van der Waals surface area contributed by atoms with Crippen LogP contribution in [0, 0.1) is 0 Å². The molecule has 72 valence electrons. The van der Waals surface area contributed by atoms with Gasteiger partial charge in [0.15, 0.2) is 0 Å². The van der Waals surface area contributed by atoms with Crippen molar-refractivity contribution in [1.82, 2.24) is 15.1 Å². The van der Waals surface area contributed by atoms with Crippen LogP contribution in [0.3, 0.4) is 0 Å². The van der Waals surface area contributed by atoms with E-state index in [-0.39, 0.29) is 12.5 Å². The second-order valence-corrected chi connectivity index (χ2v) is 3.00. The van der Waals surface area contributed by atoms with Crippen LogP contribution in [-0.4, -0.2) is 20.2 Å². The minimum atomic E-state index is -0.277. The van der Waals surface area contributed by atoms with Gasteiger partial charge >= 0.3 is 0 Å². The van der Waals surface area contributed by atoms with Gasteiger partial charge < -0.3 is 9.63 Å². The lowest BCUT2D eigenvalue weighted by Crippen LogP contribution is -1.84. The molecule has 0 amide bonds. The monoisotopic (exact) mass is 211 g/mol. The van der Waals surface area contributed by atoms with Gasteiger partial charge in [-0.15, -0.1) is 0 Å². The van der Waals surface area contributed by atoms with Gasteiger partial charge in [-0.05, 0) is 6.07 Å². The van der Waals surface area contributed by atoms with Gasteiger partial charge in [-0.3, -0.25) is 4.98 Å². The van der Waals surface area contributed by atoms with E-state index in [1.807, 2.05) is 0 Å². The van der Waals surface area contributed by atoms with E-state index in [0.717, 1.165) is 0 Å². The van der Waals surface area contributed by atoms with Gasteiger partial charge in [0.05, 0.1) is 5.02 Å². The Bertz CT molecular complexity index is 444. The van der Waals surface area contributed by atoms with E-state index in [0.29, 0.717) is 16.4 Å². The molecule has 0 saturated carbocycles. The molecule has 14 heavy (non-hydrogen) atoms. The van der Waals surface area contributed by atoms with Crippen molar-refractivity contribution in [1.29, 1.82) is 0 Å². The third-order valence-corrected chi connectivity index (χ3v) is 1.77. The Morgan fingerprint density at radius 3 is 2.93 bits per heavy atom. The smallest absolute Gasteiger partial charge is 0.252 e. The molecule has 0 saturated heterocycles. The Kier molecular flexibility index (Phi) is 2.43. The number of aliphatic hydroxyl groups is 1. The minimum Gasteiger partial charge on any atom is -0.387 e. The number of hydrogen-bond donors (Lipinski definition) is 1. The topological polar surface area (TPSA) is 72.0 Å². The summed E-state index contributed by atoms with van der Waals surface area (Å²) in [5.74, 6) is 0.532. The van der Waals surface area contributed by atoms with Gasteiger partial charge in [0, 0.05) is 18.0 Å². The molecule has 0 radical (unpaired) electrons. The third kappa shape index (κ3) is 1.73. The van der Waals surface area contributed by atoms with E-state index in [1.165, 1.54) is 6.20 Å². The fraction of sp³-hybridized carbons (Fsp3) is 0.125. The molecular weight excluding hydrogens is 206 g/mol. The molecule has 2 heterocycles. The van der Waals surface area contributed by atoms with Gasteiger partial charge in [-0.2, -0.15) is 4.98 Å². The average molecular weight is 212 g/mol. The lowest BCUT2D eigenvalue weighted by Gasteiger charge is -1.92. The maximum Gasteiger partial charge on any atom is 0.252 e. The van der Waals surface area contributed by atoms with Crippen molar-refractivity contribution < 1.29 is 9.63 Å². The van der Waals surface area contributed by atoms with E-state index in [9.17, 15) is 0 Å². The van der Waals surface area contributed by atoms with Crippen molar-refractivity contribution >= 4 is 11.6 Å². The van der Waals surface area contributed by atoms with Gasteiger partial charge in [0.25, 0.3) is 5.89 Å². The van der Waals surface area contributed by atoms with Crippen molar-refractivity contribution in [3.05, 3.63) is 29.4 Å². The second-order valence-electron chi connectivity index (χ2n) is 2.56. The second kappa shape index (κ2) is 3.73. The Morgan fingerprint density at radius 1 is 1.43 bits per heavy atom. The third-order valence-electron chi connectivity index (χ3n) is 1.57. The summed E-state index contributed by atoms with van der Waals surface area (Å²) in [5.41, 5.74) is 0.654. The number of hydrogen-bond acceptors (Lipinski definition) is 5. The molecule has 2 rings (SSSR count). The molecule has 0 unspecified atom stereocenters. The zero-order valence-corrected chi connectivity index (χ0v) is 7.77. The SMILES string of the molecule is OCc1nc(-c2cncc(Cl)c2)no1. The number of halogens is 1. The van der Waals surface area contributed by atoms with Crippen molar-refractivity contribution in [2.75, 3.05) is 0 Å². The maximum atomic E-state index is 8.71. The molecule has 0 aliphatic carbocycles. The molecule has 0 aliphatic rings. The first kappa shape index (κ1) is 9.11. The van der Waals surface area contributed by atoms with Gasteiger partial charge in [-0.1, -0.05) is 16.8 Å². The average Bonchev–Trinajstić information content (AvgIpc) is 2.66. The first-order valence-corrected chi connectivity index (χ1v) is 4.22. The Morgan fingerprint density at radius 2 is 2.29 bits per heavy atom. The fourth-order valence-electron chi connectivity index (χ4n) is 0.970. The van der Waals surface area contributed by atoms with Crippen LogP contribution >= 0.6 is 11.6 Å². The summed E-state index contributed by atoms with van der Waals surface area (Å²) in [6.07, 6.45) is 3.08. The molecule has 0 spiro atoms. The molecule has 0 fully saturated rings. The summed E-state index contributed by atoms with van der Waals surface area (Å²) in [7, 11) is 0. The zero-order valence-electron chi connectivity index (χ0n) is 7.01. The normalized spacial score (nSPS) is 10.4. The van der Waals surface area contributed by atoms with Crippen LogP contribution in [0.4, 0.5) is 0 Å². The quantitative estimate of drug-likeness (QED) is 0.810. The largest absolute Gasteiger partial charge is 0.387 e. The highest BCUT2D eigenvalue weighted by Gasteiger charge is 2.07. The summed E-state index contributed by atoms with van der Waals surface area (Å²) in [6, 6.07) is 1.67. The number of aromatic nitrogens is 3. The molecule has 1 N–H and O–H groups in total. The molecule has 5 nitrogen and oxygen atoms in total. The summed E-state index contributed by atoms with van der Waals surface area (Å²) >= 11 is 5.74. The Balaban J connectivity index is 2.39. The molecule has 2 aromatic rings. The van der Waals surface area contributed by atoms with E-state index in [4.69, 9.17) is 21.2 Å². The lowest BCUT2D eigenvalue weighted by molar-refractivity contribution is 0.222. The summed E-state index contributed by atoms with van der Waals surface area (Å²) < 4.78 is 4.73. The predicted molar refractivity (Wildman–Crippen MR) is 48.5 cm³/mol. The van der Waals surface area contributed by atoms with Crippen LogP contribution in [0.5, 0.6) is 0 Å². The van der Waals surface area contributed by atoms with Crippen LogP contribution in [0.2, 0.25) is 5.02 Å².